The molecule has 1 fully saturated rings. The molecule has 4 nitrogen and oxygen atoms in total. The summed E-state index contributed by atoms with van der Waals surface area (Å²) >= 11 is 1.61. The van der Waals surface area contributed by atoms with Crippen LogP contribution in [0.5, 0.6) is 0 Å². The van der Waals surface area contributed by atoms with Crippen LogP contribution in [0.25, 0.3) is 0 Å². The molecule has 0 bridgehead atoms. The summed E-state index contributed by atoms with van der Waals surface area (Å²) in [6.07, 6.45) is 3.22. The Bertz CT molecular complexity index is 492. The van der Waals surface area contributed by atoms with E-state index in [0.717, 1.165) is 24.8 Å². The molecule has 19 heavy (non-hydrogen) atoms. The van der Waals surface area contributed by atoms with E-state index in [1.165, 1.54) is 10.4 Å². The number of ether oxygens (including phenoxy) is 1. The fraction of sp³-hybridized carbons (Fsp3) is 0.643. The van der Waals surface area contributed by atoms with Crippen LogP contribution in [-0.4, -0.2) is 37.1 Å². The van der Waals surface area contributed by atoms with Gasteiger partial charge in [-0.25, -0.2) is 0 Å². The monoisotopic (exact) mass is 280 g/mol. The molecule has 0 radical (unpaired) electrons. The van der Waals surface area contributed by atoms with Crippen LogP contribution in [0.1, 0.15) is 34.1 Å². The van der Waals surface area contributed by atoms with Gasteiger partial charge in [0.05, 0.1) is 23.8 Å². The predicted molar refractivity (Wildman–Crippen MR) is 76.6 cm³/mol. The second-order valence-electron chi connectivity index (χ2n) is 5.50. The topological polar surface area (TPSA) is 55.6 Å². The lowest BCUT2D eigenvalue weighted by Crippen LogP contribution is -2.41. The Morgan fingerprint density at radius 2 is 2.16 bits per heavy atom. The largest absolute Gasteiger partial charge is 0.390 e. The van der Waals surface area contributed by atoms with Gasteiger partial charge in [0.1, 0.15) is 0 Å². The standard InChI is InChI=1S/C14H20N2O2S/c1-9-2-3-10-11(8-9)19-13(15)12(10)14(17)16-4-6-18-7-5-16/h9H,2-8,15H2,1H3/t9-/m1/s1. The molecule has 1 saturated heterocycles. The lowest BCUT2D eigenvalue weighted by atomic mass is 9.88. The highest BCUT2D eigenvalue weighted by molar-refractivity contribution is 7.16. The van der Waals surface area contributed by atoms with Gasteiger partial charge in [-0.15, -0.1) is 11.3 Å². The molecule has 1 aliphatic carbocycles. The summed E-state index contributed by atoms with van der Waals surface area (Å²) in [6, 6.07) is 0. The van der Waals surface area contributed by atoms with Crippen molar-refractivity contribution in [3.05, 3.63) is 16.0 Å². The maximum absolute atomic E-state index is 12.6. The van der Waals surface area contributed by atoms with Crippen molar-refractivity contribution in [3.8, 4) is 0 Å². The minimum absolute atomic E-state index is 0.104. The van der Waals surface area contributed by atoms with Gasteiger partial charge >= 0.3 is 0 Å². The molecular formula is C14H20N2O2S. The van der Waals surface area contributed by atoms with Crippen molar-refractivity contribution in [2.75, 3.05) is 32.0 Å². The molecule has 0 aromatic carbocycles. The smallest absolute Gasteiger partial charge is 0.257 e. The molecule has 2 N–H and O–H groups in total. The Labute approximate surface area is 117 Å². The maximum Gasteiger partial charge on any atom is 0.257 e. The molecule has 2 aliphatic rings. The Morgan fingerprint density at radius 1 is 1.42 bits per heavy atom. The third kappa shape index (κ3) is 2.37. The lowest BCUT2D eigenvalue weighted by Gasteiger charge is -2.27. The van der Waals surface area contributed by atoms with Gasteiger partial charge in [0.25, 0.3) is 5.91 Å². The third-order valence-electron chi connectivity index (χ3n) is 4.05. The highest BCUT2D eigenvalue weighted by Gasteiger charge is 2.29. The number of nitrogens with two attached hydrogens (primary N) is 1. The zero-order valence-corrected chi connectivity index (χ0v) is 12.1. The number of nitrogens with zero attached hydrogens (tertiary/aromatic N) is 1. The molecule has 104 valence electrons. The van der Waals surface area contributed by atoms with Crippen molar-refractivity contribution in [1.82, 2.24) is 4.90 Å². The average Bonchev–Trinajstić information content (AvgIpc) is 2.74. The summed E-state index contributed by atoms with van der Waals surface area (Å²) in [7, 11) is 0. The highest BCUT2D eigenvalue weighted by Crippen LogP contribution is 2.38. The van der Waals surface area contributed by atoms with Gasteiger partial charge in [0, 0.05) is 18.0 Å². The van der Waals surface area contributed by atoms with Crippen molar-refractivity contribution in [2.45, 2.75) is 26.2 Å². The van der Waals surface area contributed by atoms with Crippen molar-refractivity contribution < 1.29 is 9.53 Å². The Balaban J connectivity index is 1.90. The first-order valence-corrected chi connectivity index (χ1v) is 7.75. The molecule has 1 aromatic heterocycles. The van der Waals surface area contributed by atoms with E-state index >= 15 is 0 Å². The molecule has 2 heterocycles. The van der Waals surface area contributed by atoms with Gasteiger partial charge < -0.3 is 15.4 Å². The molecule has 0 saturated carbocycles. The summed E-state index contributed by atoms with van der Waals surface area (Å²) in [5.41, 5.74) is 8.12. The van der Waals surface area contributed by atoms with Crippen LogP contribution < -0.4 is 5.73 Å². The van der Waals surface area contributed by atoms with Crippen LogP contribution >= 0.6 is 11.3 Å². The van der Waals surface area contributed by atoms with Gasteiger partial charge in [0.15, 0.2) is 0 Å². The molecule has 1 aliphatic heterocycles. The lowest BCUT2D eigenvalue weighted by molar-refractivity contribution is 0.0303. The zero-order chi connectivity index (χ0) is 13.4. The molecule has 3 rings (SSSR count). The van der Waals surface area contributed by atoms with E-state index in [1.807, 2.05) is 4.90 Å². The number of morpholine rings is 1. The number of amides is 1. The van der Waals surface area contributed by atoms with Crippen molar-refractivity contribution in [2.24, 2.45) is 5.92 Å². The molecule has 5 heteroatoms. The SMILES string of the molecule is C[C@@H]1CCc2c(sc(N)c2C(=O)N2CCOCC2)C1. The fourth-order valence-electron chi connectivity index (χ4n) is 2.93. The number of anilines is 1. The normalized spacial score (nSPS) is 23.2. The van der Waals surface area contributed by atoms with E-state index in [2.05, 4.69) is 6.92 Å². The molecule has 1 aromatic rings. The van der Waals surface area contributed by atoms with Crippen LogP contribution in [-0.2, 0) is 17.6 Å². The number of hydrogen-bond donors (Lipinski definition) is 1. The fourth-order valence-corrected chi connectivity index (χ4v) is 4.20. The number of hydrogen-bond acceptors (Lipinski definition) is 4. The van der Waals surface area contributed by atoms with E-state index in [0.29, 0.717) is 37.2 Å². The number of carbonyl (C=O) groups excluding carboxylic acids is 1. The van der Waals surface area contributed by atoms with Gasteiger partial charge in [-0.05, 0) is 30.7 Å². The summed E-state index contributed by atoms with van der Waals surface area (Å²) < 4.78 is 5.30. The van der Waals surface area contributed by atoms with Crippen LogP contribution in [0.4, 0.5) is 5.00 Å². The van der Waals surface area contributed by atoms with E-state index in [9.17, 15) is 4.79 Å². The molecular weight excluding hydrogens is 260 g/mol. The van der Waals surface area contributed by atoms with Crippen molar-refractivity contribution >= 4 is 22.2 Å². The van der Waals surface area contributed by atoms with E-state index in [1.54, 1.807) is 11.3 Å². The summed E-state index contributed by atoms with van der Waals surface area (Å²) in [5.74, 6) is 0.810. The number of nitrogen functional groups attached to an aromatic ring is 1. The van der Waals surface area contributed by atoms with Crippen LogP contribution in [0.2, 0.25) is 0 Å². The van der Waals surface area contributed by atoms with E-state index < -0.39 is 0 Å². The molecule has 0 spiro atoms. The molecule has 1 atom stereocenters. The van der Waals surface area contributed by atoms with E-state index in [-0.39, 0.29) is 5.91 Å². The third-order valence-corrected chi connectivity index (χ3v) is 5.13. The van der Waals surface area contributed by atoms with Crippen LogP contribution in [0.15, 0.2) is 0 Å². The first-order chi connectivity index (χ1) is 9.16. The maximum atomic E-state index is 12.6. The Hall–Kier alpha value is -1.07. The minimum atomic E-state index is 0.104. The van der Waals surface area contributed by atoms with Crippen LogP contribution in [0.3, 0.4) is 0 Å². The first-order valence-electron chi connectivity index (χ1n) is 6.94. The Kier molecular flexibility index (Phi) is 3.50. The average molecular weight is 280 g/mol. The highest BCUT2D eigenvalue weighted by atomic mass is 32.1. The molecule has 0 unspecified atom stereocenters. The summed E-state index contributed by atoms with van der Waals surface area (Å²) in [4.78, 5) is 15.8. The number of fused-ring (bicyclic) bond motifs is 1. The first kappa shape index (κ1) is 12.9. The van der Waals surface area contributed by atoms with Crippen molar-refractivity contribution in [1.29, 1.82) is 0 Å². The number of carbonyl (C=O) groups is 1. The van der Waals surface area contributed by atoms with Gasteiger partial charge in [-0.1, -0.05) is 6.92 Å². The molecule has 1 amide bonds. The van der Waals surface area contributed by atoms with Gasteiger partial charge in [-0.2, -0.15) is 0 Å². The van der Waals surface area contributed by atoms with Gasteiger partial charge in [-0.3, -0.25) is 4.79 Å². The number of thiophene rings is 1. The van der Waals surface area contributed by atoms with E-state index in [4.69, 9.17) is 10.5 Å². The number of rotatable bonds is 1. The van der Waals surface area contributed by atoms with Crippen molar-refractivity contribution in [3.63, 3.8) is 0 Å². The zero-order valence-electron chi connectivity index (χ0n) is 11.3. The minimum Gasteiger partial charge on any atom is -0.390 e. The second-order valence-corrected chi connectivity index (χ2v) is 6.63. The second kappa shape index (κ2) is 5.13. The van der Waals surface area contributed by atoms with Crippen LogP contribution in [0, 0.1) is 5.92 Å². The summed E-state index contributed by atoms with van der Waals surface area (Å²) in [6.45, 7) is 4.89. The Morgan fingerprint density at radius 3 is 2.89 bits per heavy atom. The summed E-state index contributed by atoms with van der Waals surface area (Å²) in [5, 5.41) is 0.704. The quantitative estimate of drug-likeness (QED) is 0.855. The predicted octanol–water partition coefficient (Wildman–Crippen LogP) is 1.93. The van der Waals surface area contributed by atoms with Gasteiger partial charge in [0.2, 0.25) is 0 Å².